The van der Waals surface area contributed by atoms with Gasteiger partial charge in [0.1, 0.15) is 0 Å². The lowest BCUT2D eigenvalue weighted by atomic mass is 9.86. The van der Waals surface area contributed by atoms with E-state index in [2.05, 4.69) is 11.1 Å². The van der Waals surface area contributed by atoms with Crippen LogP contribution in [0.5, 0.6) is 0 Å². The number of hydrogen-bond donors (Lipinski definition) is 0. The summed E-state index contributed by atoms with van der Waals surface area (Å²) in [5, 5.41) is 2.34. The Kier molecular flexibility index (Phi) is 7.81. The van der Waals surface area contributed by atoms with Gasteiger partial charge in [-0.1, -0.05) is 29.8 Å². The van der Waals surface area contributed by atoms with Gasteiger partial charge in [-0.3, -0.25) is 9.78 Å². The molecule has 2 heterocycles. The number of rotatable bonds is 4. The quantitative estimate of drug-likeness (QED) is 0.473. The summed E-state index contributed by atoms with van der Waals surface area (Å²) in [7, 11) is -3.63. The van der Waals surface area contributed by atoms with Crippen LogP contribution in [-0.2, 0) is 14.8 Å². The topological polar surface area (TPSA) is 70.6 Å². The monoisotopic (exact) mass is 531 g/mol. The van der Waals surface area contributed by atoms with E-state index in [1.165, 1.54) is 9.88 Å². The number of carbonyl (C=O) groups is 1. The summed E-state index contributed by atoms with van der Waals surface area (Å²) in [4.78, 5) is 19.3. The zero-order valence-corrected chi connectivity index (χ0v) is 21.5. The standard InChI is InChI=1S/C26H26ClN3O3S.ClH/c27-24-7-5-23-18-25(8-6-22(23)17-24)34(32,33)30-15-13-29(14-16-30)26(31)21-3-1-19(2-4-21)20-9-11-28-12-10-20;/h1,5-12,17-18,21H,2-4,13-16H2;1H. The maximum atomic E-state index is 13.2. The second kappa shape index (κ2) is 10.7. The number of allylic oxidation sites excluding steroid dienone is 2. The lowest BCUT2D eigenvalue weighted by Gasteiger charge is -2.36. The van der Waals surface area contributed by atoms with Crippen LogP contribution in [-0.4, -0.2) is 54.7 Å². The second-order valence-corrected chi connectivity index (χ2v) is 11.2. The minimum Gasteiger partial charge on any atom is -0.340 e. The van der Waals surface area contributed by atoms with Crippen molar-refractivity contribution in [3.63, 3.8) is 0 Å². The van der Waals surface area contributed by atoms with Gasteiger partial charge in [0.25, 0.3) is 0 Å². The van der Waals surface area contributed by atoms with Gasteiger partial charge in [-0.05, 0) is 77.6 Å². The Hall–Kier alpha value is -2.45. The fourth-order valence-corrected chi connectivity index (χ4v) is 6.44. The smallest absolute Gasteiger partial charge is 0.243 e. The number of halogens is 2. The Labute approximate surface area is 217 Å². The minimum atomic E-state index is -3.63. The molecule has 1 aliphatic carbocycles. The van der Waals surface area contributed by atoms with Crippen LogP contribution in [0.15, 0.2) is 71.9 Å². The minimum absolute atomic E-state index is 0. The highest BCUT2D eigenvalue weighted by Gasteiger charge is 2.33. The normalized spacial score (nSPS) is 19.2. The van der Waals surface area contributed by atoms with Crippen molar-refractivity contribution < 1.29 is 13.2 Å². The lowest BCUT2D eigenvalue weighted by Crippen LogP contribution is -2.51. The zero-order valence-electron chi connectivity index (χ0n) is 19.1. The third kappa shape index (κ3) is 5.38. The van der Waals surface area contributed by atoms with Gasteiger partial charge in [0, 0.05) is 49.5 Å². The van der Waals surface area contributed by atoms with Crippen molar-refractivity contribution in [3.8, 4) is 0 Å². The van der Waals surface area contributed by atoms with E-state index in [9.17, 15) is 13.2 Å². The number of piperazine rings is 1. The molecule has 1 atom stereocenters. The Morgan fingerprint density at radius 1 is 0.943 bits per heavy atom. The van der Waals surface area contributed by atoms with Gasteiger partial charge in [-0.25, -0.2) is 8.42 Å². The highest BCUT2D eigenvalue weighted by Crippen LogP contribution is 2.31. The van der Waals surface area contributed by atoms with Crippen LogP contribution in [0.3, 0.4) is 0 Å². The Balaban J connectivity index is 0.00000289. The van der Waals surface area contributed by atoms with Gasteiger partial charge in [0.15, 0.2) is 0 Å². The molecule has 2 aromatic carbocycles. The summed E-state index contributed by atoms with van der Waals surface area (Å²) in [5.74, 6) is 0.0886. The van der Waals surface area contributed by atoms with Crippen molar-refractivity contribution in [3.05, 3.63) is 77.6 Å². The second-order valence-electron chi connectivity index (χ2n) is 8.82. The number of hydrogen-bond acceptors (Lipinski definition) is 4. The Morgan fingerprint density at radius 2 is 1.63 bits per heavy atom. The van der Waals surface area contributed by atoms with Gasteiger partial charge in [-0.15, -0.1) is 12.4 Å². The van der Waals surface area contributed by atoms with Crippen molar-refractivity contribution in [2.24, 2.45) is 5.92 Å². The highest BCUT2D eigenvalue weighted by molar-refractivity contribution is 7.89. The van der Waals surface area contributed by atoms with E-state index in [1.54, 1.807) is 36.7 Å². The summed E-state index contributed by atoms with van der Waals surface area (Å²) in [5.41, 5.74) is 2.43. The molecule has 1 saturated heterocycles. The van der Waals surface area contributed by atoms with Crippen LogP contribution in [0.2, 0.25) is 5.02 Å². The average molecular weight is 532 g/mol. The molecule has 0 bridgehead atoms. The molecule has 1 aromatic heterocycles. The van der Waals surface area contributed by atoms with Crippen molar-refractivity contribution in [1.29, 1.82) is 0 Å². The predicted molar refractivity (Wildman–Crippen MR) is 141 cm³/mol. The molecule has 184 valence electrons. The summed E-state index contributed by atoms with van der Waals surface area (Å²) >= 11 is 6.04. The number of amides is 1. The Morgan fingerprint density at radius 3 is 2.31 bits per heavy atom. The van der Waals surface area contributed by atoms with E-state index in [1.807, 2.05) is 29.2 Å². The third-order valence-corrected chi connectivity index (χ3v) is 8.90. The first kappa shape index (κ1) is 25.6. The maximum absolute atomic E-state index is 13.2. The van der Waals surface area contributed by atoms with Crippen LogP contribution in [0.4, 0.5) is 0 Å². The van der Waals surface area contributed by atoms with E-state index in [4.69, 9.17) is 11.6 Å². The molecule has 6 nitrogen and oxygen atoms in total. The average Bonchev–Trinajstić information content (AvgIpc) is 2.88. The number of pyridine rings is 1. The number of sulfonamides is 1. The number of benzene rings is 2. The zero-order chi connectivity index (χ0) is 23.7. The molecule has 9 heteroatoms. The molecule has 1 fully saturated rings. The largest absolute Gasteiger partial charge is 0.340 e. The Bertz CT molecular complexity index is 1350. The van der Waals surface area contributed by atoms with E-state index >= 15 is 0 Å². The molecule has 35 heavy (non-hydrogen) atoms. The van der Waals surface area contributed by atoms with E-state index in [0.717, 1.165) is 35.6 Å². The van der Waals surface area contributed by atoms with Gasteiger partial charge < -0.3 is 4.90 Å². The molecule has 2 aliphatic rings. The fraction of sp³-hybridized carbons (Fsp3) is 0.308. The van der Waals surface area contributed by atoms with Crippen molar-refractivity contribution >= 4 is 56.3 Å². The van der Waals surface area contributed by atoms with E-state index < -0.39 is 10.0 Å². The van der Waals surface area contributed by atoms with Crippen LogP contribution in [0.1, 0.15) is 24.8 Å². The number of fused-ring (bicyclic) bond motifs is 1. The molecule has 1 unspecified atom stereocenters. The highest BCUT2D eigenvalue weighted by atomic mass is 35.5. The molecule has 0 spiro atoms. The molecule has 0 radical (unpaired) electrons. The fourth-order valence-electron chi connectivity index (χ4n) is 4.80. The van der Waals surface area contributed by atoms with Gasteiger partial charge in [0.2, 0.25) is 15.9 Å². The van der Waals surface area contributed by atoms with Crippen LogP contribution >= 0.6 is 24.0 Å². The summed E-state index contributed by atoms with van der Waals surface area (Å²) in [6, 6.07) is 14.5. The van der Waals surface area contributed by atoms with Crippen LogP contribution < -0.4 is 0 Å². The molecule has 1 aliphatic heterocycles. The summed E-state index contributed by atoms with van der Waals surface area (Å²) in [6.45, 7) is 1.44. The van der Waals surface area contributed by atoms with Crippen LogP contribution in [0.25, 0.3) is 16.3 Å². The molecule has 0 N–H and O–H groups in total. The predicted octanol–water partition coefficient (Wildman–Crippen LogP) is 5.03. The first-order valence-electron chi connectivity index (χ1n) is 11.5. The summed E-state index contributed by atoms with van der Waals surface area (Å²) < 4.78 is 27.9. The first-order valence-corrected chi connectivity index (χ1v) is 13.3. The third-order valence-electron chi connectivity index (χ3n) is 6.77. The van der Waals surface area contributed by atoms with Crippen molar-refractivity contribution in [2.75, 3.05) is 26.2 Å². The van der Waals surface area contributed by atoms with Crippen molar-refractivity contribution in [2.45, 2.75) is 24.2 Å². The van der Waals surface area contributed by atoms with E-state index in [0.29, 0.717) is 31.2 Å². The van der Waals surface area contributed by atoms with E-state index in [-0.39, 0.29) is 29.1 Å². The van der Waals surface area contributed by atoms with Gasteiger partial charge in [-0.2, -0.15) is 4.31 Å². The molecule has 5 rings (SSSR count). The van der Waals surface area contributed by atoms with Gasteiger partial charge >= 0.3 is 0 Å². The number of carbonyl (C=O) groups excluding carboxylic acids is 1. The van der Waals surface area contributed by atoms with Crippen molar-refractivity contribution in [1.82, 2.24) is 14.2 Å². The summed E-state index contributed by atoms with van der Waals surface area (Å²) in [6.07, 6.45) is 8.13. The number of aromatic nitrogens is 1. The van der Waals surface area contributed by atoms with Gasteiger partial charge in [0.05, 0.1) is 4.90 Å². The molecule has 3 aromatic rings. The maximum Gasteiger partial charge on any atom is 0.243 e. The molecule has 0 saturated carbocycles. The first-order chi connectivity index (χ1) is 16.4. The van der Waals surface area contributed by atoms with Crippen LogP contribution in [0, 0.1) is 5.92 Å². The lowest BCUT2D eigenvalue weighted by molar-refractivity contribution is -0.136. The number of nitrogens with zero attached hydrogens (tertiary/aromatic N) is 3. The molecular formula is C26H27Cl2N3O3S. The SMILES string of the molecule is Cl.O=C(C1CC=C(c2ccncc2)CC1)N1CCN(S(=O)(=O)c2ccc3cc(Cl)ccc3c2)CC1. The molecular weight excluding hydrogens is 505 g/mol. The molecule has 1 amide bonds.